The lowest BCUT2D eigenvalue weighted by Crippen LogP contribution is -2.44. The molecule has 0 unspecified atom stereocenters. The molecule has 20 heavy (non-hydrogen) atoms. The monoisotopic (exact) mass is 278 g/mol. The topological polar surface area (TPSA) is 112 Å². The number of rotatable bonds is 4. The van der Waals surface area contributed by atoms with E-state index in [9.17, 15) is 14.7 Å². The van der Waals surface area contributed by atoms with Crippen molar-refractivity contribution in [2.24, 2.45) is 11.7 Å². The Bertz CT molecular complexity index is 512. The average molecular weight is 278 g/mol. The molecule has 7 heteroatoms. The maximum absolute atomic E-state index is 12.0. The van der Waals surface area contributed by atoms with Crippen LogP contribution < -0.4 is 5.73 Å². The number of H-pyrrole nitrogens is 1. The fourth-order valence-electron chi connectivity index (χ4n) is 2.49. The number of imidazole rings is 1. The lowest BCUT2D eigenvalue weighted by molar-refractivity contribution is -0.131. The van der Waals surface area contributed by atoms with E-state index in [1.807, 2.05) is 0 Å². The van der Waals surface area contributed by atoms with Gasteiger partial charge in [-0.25, -0.2) is 4.98 Å². The summed E-state index contributed by atoms with van der Waals surface area (Å²) in [5, 5.41) is 10.1. The highest BCUT2D eigenvalue weighted by Crippen LogP contribution is 2.29. The molecule has 1 saturated carbocycles. The molecule has 1 aliphatic carbocycles. The summed E-state index contributed by atoms with van der Waals surface area (Å²) < 4.78 is 0. The fourth-order valence-corrected chi connectivity index (χ4v) is 2.49. The predicted octanol–water partition coefficient (Wildman–Crippen LogP) is -0.494. The third-order valence-corrected chi connectivity index (χ3v) is 3.72. The van der Waals surface area contributed by atoms with Gasteiger partial charge < -0.3 is 20.7 Å². The first-order chi connectivity index (χ1) is 9.50. The minimum Gasteiger partial charge on any atom is -0.390 e. The molecule has 1 heterocycles. The maximum Gasteiger partial charge on any atom is 0.246 e. The Morgan fingerprint density at radius 2 is 2.30 bits per heavy atom. The average Bonchev–Trinajstić information content (AvgIpc) is 3.04. The maximum atomic E-state index is 12.0. The fraction of sp³-hybridized carbons (Fsp3) is 0.462. The van der Waals surface area contributed by atoms with Crippen LogP contribution in [-0.2, 0) is 9.59 Å². The second-order valence-corrected chi connectivity index (χ2v) is 4.93. The van der Waals surface area contributed by atoms with Crippen molar-refractivity contribution in [3.63, 3.8) is 0 Å². The highest BCUT2D eigenvalue weighted by atomic mass is 16.3. The minimum atomic E-state index is -0.901. The number of amides is 2. The molecular formula is C13H18N4O3. The van der Waals surface area contributed by atoms with Crippen LogP contribution in [0.1, 0.15) is 18.5 Å². The normalized spacial score (nSPS) is 26.0. The summed E-state index contributed by atoms with van der Waals surface area (Å²) in [5.41, 5.74) is 5.94. The van der Waals surface area contributed by atoms with E-state index in [0.717, 1.165) is 0 Å². The van der Waals surface area contributed by atoms with Crippen LogP contribution in [0.4, 0.5) is 0 Å². The van der Waals surface area contributed by atoms with Gasteiger partial charge in [0.25, 0.3) is 0 Å². The number of carbonyl (C=O) groups excluding carboxylic acids is 2. The SMILES string of the molecule is CN(C(=O)/C=C/c1cnc[nH]1)[C@@H]1CC[C@@H](C(N)=O)[C@@H]1O. The summed E-state index contributed by atoms with van der Waals surface area (Å²) >= 11 is 0. The first-order valence-corrected chi connectivity index (χ1v) is 6.41. The number of nitrogens with two attached hydrogens (primary N) is 1. The molecule has 2 rings (SSSR count). The van der Waals surface area contributed by atoms with Gasteiger partial charge in [-0.15, -0.1) is 0 Å². The third kappa shape index (κ3) is 2.88. The van der Waals surface area contributed by atoms with Crippen molar-refractivity contribution in [2.45, 2.75) is 25.0 Å². The lowest BCUT2D eigenvalue weighted by Gasteiger charge is -2.27. The molecule has 2 amide bonds. The lowest BCUT2D eigenvalue weighted by atomic mass is 10.0. The standard InChI is InChI=1S/C13H18N4O3/c1-17(10-4-3-9(12(10)19)13(14)20)11(18)5-2-8-6-15-7-16-8/h2,5-7,9-10,12,19H,3-4H2,1H3,(H2,14,20)(H,15,16)/b5-2+/t9-,10-,12+/m1/s1. The first kappa shape index (κ1) is 14.3. The van der Waals surface area contributed by atoms with Gasteiger partial charge in [0.2, 0.25) is 11.8 Å². The highest BCUT2D eigenvalue weighted by molar-refractivity contribution is 5.91. The van der Waals surface area contributed by atoms with E-state index in [0.29, 0.717) is 18.5 Å². The molecule has 3 atom stereocenters. The van der Waals surface area contributed by atoms with E-state index in [1.165, 1.54) is 17.3 Å². The Kier molecular flexibility index (Phi) is 4.19. The van der Waals surface area contributed by atoms with E-state index in [1.54, 1.807) is 19.3 Å². The number of primary amides is 1. The van der Waals surface area contributed by atoms with Crippen molar-refractivity contribution < 1.29 is 14.7 Å². The Morgan fingerprint density at radius 3 is 2.85 bits per heavy atom. The Morgan fingerprint density at radius 1 is 1.55 bits per heavy atom. The van der Waals surface area contributed by atoms with E-state index >= 15 is 0 Å². The summed E-state index contributed by atoms with van der Waals surface area (Å²) in [7, 11) is 1.61. The van der Waals surface area contributed by atoms with Crippen molar-refractivity contribution in [2.75, 3.05) is 7.05 Å². The molecule has 0 aliphatic heterocycles. The molecule has 1 aliphatic rings. The molecule has 0 saturated heterocycles. The zero-order chi connectivity index (χ0) is 14.7. The van der Waals surface area contributed by atoms with Gasteiger partial charge in [0.15, 0.2) is 0 Å². The van der Waals surface area contributed by atoms with Gasteiger partial charge in [0.1, 0.15) is 0 Å². The number of carbonyl (C=O) groups is 2. The van der Waals surface area contributed by atoms with E-state index in [2.05, 4.69) is 9.97 Å². The van der Waals surface area contributed by atoms with Crippen LogP contribution in [0, 0.1) is 5.92 Å². The summed E-state index contributed by atoms with van der Waals surface area (Å²) in [6.45, 7) is 0. The van der Waals surface area contributed by atoms with Gasteiger partial charge in [-0.2, -0.15) is 0 Å². The molecule has 1 aromatic rings. The summed E-state index contributed by atoms with van der Waals surface area (Å²) in [6.07, 6.45) is 6.29. The number of aromatic amines is 1. The molecule has 1 aromatic heterocycles. The molecule has 4 N–H and O–H groups in total. The molecule has 1 fully saturated rings. The van der Waals surface area contributed by atoms with Crippen LogP contribution in [-0.4, -0.2) is 51.0 Å². The first-order valence-electron chi connectivity index (χ1n) is 6.41. The third-order valence-electron chi connectivity index (χ3n) is 3.72. The highest BCUT2D eigenvalue weighted by Gasteiger charge is 2.40. The smallest absolute Gasteiger partial charge is 0.246 e. The second kappa shape index (κ2) is 5.87. The van der Waals surface area contributed by atoms with Crippen LogP contribution in [0.5, 0.6) is 0 Å². The van der Waals surface area contributed by atoms with Crippen LogP contribution in [0.15, 0.2) is 18.6 Å². The molecule has 7 nitrogen and oxygen atoms in total. The van der Waals surface area contributed by atoms with Crippen molar-refractivity contribution in [1.29, 1.82) is 0 Å². The Balaban J connectivity index is 1.99. The van der Waals surface area contributed by atoms with Crippen molar-refractivity contribution in [3.8, 4) is 0 Å². The molecule has 0 aromatic carbocycles. The van der Waals surface area contributed by atoms with Gasteiger partial charge in [0, 0.05) is 13.1 Å². The number of hydrogen-bond donors (Lipinski definition) is 3. The van der Waals surface area contributed by atoms with Crippen molar-refractivity contribution >= 4 is 17.9 Å². The van der Waals surface area contributed by atoms with Crippen molar-refractivity contribution in [3.05, 3.63) is 24.3 Å². The van der Waals surface area contributed by atoms with E-state index < -0.39 is 17.9 Å². The van der Waals surface area contributed by atoms with Crippen molar-refractivity contribution in [1.82, 2.24) is 14.9 Å². The Hall–Kier alpha value is -2.15. The van der Waals surface area contributed by atoms with Gasteiger partial charge >= 0.3 is 0 Å². The number of aromatic nitrogens is 2. The van der Waals surface area contributed by atoms with Gasteiger partial charge in [-0.05, 0) is 18.9 Å². The van der Waals surface area contributed by atoms with Gasteiger partial charge in [-0.1, -0.05) is 0 Å². The van der Waals surface area contributed by atoms with Gasteiger partial charge in [0.05, 0.1) is 36.3 Å². The number of nitrogens with zero attached hydrogens (tertiary/aromatic N) is 2. The number of likely N-dealkylation sites (N-methyl/N-ethyl adjacent to an activating group) is 1. The largest absolute Gasteiger partial charge is 0.390 e. The molecule has 0 radical (unpaired) electrons. The summed E-state index contributed by atoms with van der Waals surface area (Å²) in [6, 6.07) is -0.383. The zero-order valence-electron chi connectivity index (χ0n) is 11.2. The van der Waals surface area contributed by atoms with Crippen LogP contribution >= 0.6 is 0 Å². The van der Waals surface area contributed by atoms with Gasteiger partial charge in [-0.3, -0.25) is 9.59 Å². The molecule has 108 valence electrons. The number of aliphatic hydroxyl groups excluding tert-OH is 1. The summed E-state index contributed by atoms with van der Waals surface area (Å²) in [5.74, 6) is -1.34. The Labute approximate surface area is 116 Å². The van der Waals surface area contributed by atoms with Crippen LogP contribution in [0.25, 0.3) is 6.08 Å². The summed E-state index contributed by atoms with van der Waals surface area (Å²) in [4.78, 5) is 31.3. The quantitative estimate of drug-likeness (QED) is 0.645. The van der Waals surface area contributed by atoms with E-state index in [4.69, 9.17) is 5.73 Å². The van der Waals surface area contributed by atoms with Crippen LogP contribution in [0.2, 0.25) is 0 Å². The minimum absolute atomic E-state index is 0.242. The second-order valence-electron chi connectivity index (χ2n) is 4.93. The molecule has 0 bridgehead atoms. The molecule has 0 spiro atoms. The van der Waals surface area contributed by atoms with Crippen LogP contribution in [0.3, 0.4) is 0 Å². The molecular weight excluding hydrogens is 260 g/mol. The zero-order valence-corrected chi connectivity index (χ0v) is 11.2. The van der Waals surface area contributed by atoms with E-state index in [-0.39, 0.29) is 11.9 Å². The number of hydrogen-bond acceptors (Lipinski definition) is 4. The number of nitrogens with one attached hydrogen (secondary N) is 1. The predicted molar refractivity (Wildman–Crippen MR) is 72.1 cm³/mol. The number of aliphatic hydroxyl groups is 1.